The van der Waals surface area contributed by atoms with Crippen molar-refractivity contribution < 1.29 is 9.32 Å². The molecule has 1 N–H and O–H groups in total. The molecule has 0 saturated carbocycles. The number of nitrogens with one attached hydrogen (secondary N) is 1. The van der Waals surface area contributed by atoms with Gasteiger partial charge >= 0.3 is 5.76 Å². The van der Waals surface area contributed by atoms with Gasteiger partial charge in [0.1, 0.15) is 0 Å². The van der Waals surface area contributed by atoms with Crippen molar-refractivity contribution in [3.05, 3.63) is 86.1 Å². The number of aromatic amines is 1. The molecule has 3 atom stereocenters. The zero-order valence-electron chi connectivity index (χ0n) is 18.1. The van der Waals surface area contributed by atoms with Gasteiger partial charge in [0.2, 0.25) is 5.91 Å². The molecule has 168 valence electrons. The maximum Gasteiger partial charge on any atom is 0.438 e. The molecule has 6 nitrogen and oxygen atoms in total. The van der Waals surface area contributed by atoms with Crippen molar-refractivity contribution in [2.45, 2.75) is 51.6 Å². The van der Waals surface area contributed by atoms with Crippen molar-refractivity contribution in [2.24, 2.45) is 5.41 Å². The molecular formula is C24H25Cl2N3O3. The first-order valence-corrected chi connectivity index (χ1v) is 11.3. The maximum atomic E-state index is 13.9. The van der Waals surface area contributed by atoms with Crippen molar-refractivity contribution in [3.8, 4) is 0 Å². The van der Waals surface area contributed by atoms with Gasteiger partial charge < -0.3 is 4.90 Å². The van der Waals surface area contributed by atoms with Gasteiger partial charge in [0.25, 0.3) is 0 Å². The van der Waals surface area contributed by atoms with Gasteiger partial charge in [0.15, 0.2) is 5.82 Å². The van der Waals surface area contributed by atoms with E-state index in [1.807, 2.05) is 74.2 Å². The molecule has 1 aliphatic heterocycles. The summed E-state index contributed by atoms with van der Waals surface area (Å²) in [7, 11) is 0. The molecule has 2 aromatic carbocycles. The third kappa shape index (κ3) is 4.34. The molecule has 1 aliphatic rings. The van der Waals surface area contributed by atoms with Crippen LogP contribution in [0.15, 0.2) is 57.8 Å². The fourth-order valence-electron chi connectivity index (χ4n) is 4.82. The van der Waals surface area contributed by atoms with Crippen molar-refractivity contribution in [2.75, 3.05) is 0 Å². The summed E-state index contributed by atoms with van der Waals surface area (Å²) in [6.07, 6.45) is 0.822. The number of H-pyrrole nitrogens is 1. The van der Waals surface area contributed by atoms with Crippen LogP contribution in [-0.2, 0) is 11.2 Å². The number of aromatic nitrogens is 2. The summed E-state index contributed by atoms with van der Waals surface area (Å²) < 4.78 is 4.67. The molecule has 1 aromatic heterocycles. The number of rotatable bonds is 5. The highest BCUT2D eigenvalue weighted by molar-refractivity contribution is 6.30. The largest absolute Gasteiger partial charge is 0.438 e. The van der Waals surface area contributed by atoms with Crippen molar-refractivity contribution in [3.63, 3.8) is 0 Å². The molecule has 0 aliphatic carbocycles. The van der Waals surface area contributed by atoms with Gasteiger partial charge in [0, 0.05) is 28.4 Å². The van der Waals surface area contributed by atoms with E-state index in [2.05, 4.69) is 14.7 Å². The van der Waals surface area contributed by atoms with Crippen LogP contribution in [0.4, 0.5) is 0 Å². The van der Waals surface area contributed by atoms with Crippen molar-refractivity contribution in [1.82, 2.24) is 15.0 Å². The Kier molecular flexibility index (Phi) is 6.19. The third-order valence-corrected chi connectivity index (χ3v) is 6.68. The summed E-state index contributed by atoms with van der Waals surface area (Å²) in [6, 6.07) is 15.2. The fraction of sp³-hybridized carbons (Fsp3) is 0.375. The van der Waals surface area contributed by atoms with E-state index in [0.717, 1.165) is 11.1 Å². The molecule has 2 heterocycles. The Labute approximate surface area is 196 Å². The Morgan fingerprint density at radius 3 is 2.44 bits per heavy atom. The minimum Gasteiger partial charge on any atom is -0.332 e. The summed E-state index contributed by atoms with van der Waals surface area (Å²) in [5, 5.41) is 5.10. The first-order chi connectivity index (χ1) is 15.2. The third-order valence-electron chi connectivity index (χ3n) is 6.19. The highest BCUT2D eigenvalue weighted by Gasteiger charge is 2.50. The summed E-state index contributed by atoms with van der Waals surface area (Å²) in [5.41, 5.74) is 1.27. The molecule has 0 bridgehead atoms. The summed E-state index contributed by atoms with van der Waals surface area (Å²) >= 11 is 12.5. The van der Waals surface area contributed by atoms with Crippen LogP contribution in [0.3, 0.4) is 0 Å². The second-order valence-electron chi connectivity index (χ2n) is 8.95. The summed E-state index contributed by atoms with van der Waals surface area (Å²) in [6.45, 7) is 5.95. The maximum absolute atomic E-state index is 13.9. The lowest BCUT2D eigenvalue weighted by atomic mass is 9.67. The van der Waals surface area contributed by atoms with E-state index in [-0.39, 0.29) is 30.3 Å². The molecular weight excluding hydrogens is 449 g/mol. The lowest BCUT2D eigenvalue weighted by molar-refractivity contribution is -0.153. The van der Waals surface area contributed by atoms with Crippen LogP contribution in [0.5, 0.6) is 0 Å². The number of carbonyl (C=O) groups is 1. The molecule has 3 aromatic rings. The van der Waals surface area contributed by atoms with Crippen LogP contribution in [0, 0.1) is 5.41 Å². The molecule has 0 radical (unpaired) electrons. The minimum absolute atomic E-state index is 0.00887. The lowest BCUT2D eigenvalue weighted by Crippen LogP contribution is -2.55. The summed E-state index contributed by atoms with van der Waals surface area (Å²) in [5.74, 6) is -0.282. The molecule has 4 rings (SSSR count). The van der Waals surface area contributed by atoms with Gasteiger partial charge in [-0.3, -0.25) is 14.3 Å². The number of nitrogens with zero attached hydrogens (tertiary/aromatic N) is 2. The number of carbonyl (C=O) groups excluding carboxylic acids is 1. The van der Waals surface area contributed by atoms with Gasteiger partial charge in [0.05, 0.1) is 11.5 Å². The molecule has 1 fully saturated rings. The van der Waals surface area contributed by atoms with Crippen LogP contribution in [-0.4, -0.2) is 27.0 Å². The number of piperidine rings is 1. The second kappa shape index (κ2) is 8.75. The van der Waals surface area contributed by atoms with Crippen LogP contribution >= 0.6 is 23.2 Å². The molecule has 1 amide bonds. The monoisotopic (exact) mass is 473 g/mol. The Hall–Kier alpha value is -2.57. The Bertz CT molecular complexity index is 1170. The van der Waals surface area contributed by atoms with Crippen molar-refractivity contribution >= 4 is 29.1 Å². The molecule has 1 saturated heterocycles. The van der Waals surface area contributed by atoms with Gasteiger partial charge in [-0.1, -0.05) is 59.5 Å². The SMILES string of the molecule is CC(C)N1C(=O)[C@](C)(Cc2noc(=O)[nH]2)C[C@H](c2cccc(Cl)c2)[C@H]1c1ccc(Cl)cc1. The first kappa shape index (κ1) is 22.6. The quantitative estimate of drug-likeness (QED) is 0.538. The number of likely N-dealkylation sites (tertiary alicyclic amines) is 1. The normalized spacial score (nSPS) is 23.7. The van der Waals surface area contributed by atoms with Crippen LogP contribution in [0.2, 0.25) is 10.0 Å². The van der Waals surface area contributed by atoms with Crippen LogP contribution < -0.4 is 5.76 Å². The van der Waals surface area contributed by atoms with E-state index in [1.54, 1.807) is 0 Å². The highest BCUT2D eigenvalue weighted by atomic mass is 35.5. The number of benzene rings is 2. The van der Waals surface area contributed by atoms with E-state index in [4.69, 9.17) is 23.2 Å². The Morgan fingerprint density at radius 2 is 1.84 bits per heavy atom. The number of hydrogen-bond donors (Lipinski definition) is 1. The second-order valence-corrected chi connectivity index (χ2v) is 9.82. The summed E-state index contributed by atoms with van der Waals surface area (Å²) in [4.78, 5) is 29.9. The smallest absolute Gasteiger partial charge is 0.332 e. The Morgan fingerprint density at radius 1 is 1.12 bits per heavy atom. The number of halogens is 2. The first-order valence-electron chi connectivity index (χ1n) is 10.6. The standard InChI is InChI=1S/C24H25Cl2N3O3/c1-14(2)29-21(15-7-9-17(25)10-8-15)19(16-5-4-6-18(26)11-16)12-24(3,22(29)30)13-20-27-23(31)32-28-20/h4-11,14,19,21H,12-13H2,1-3H3,(H,27,28,31)/t19-,21-,24+/m1/s1. The average molecular weight is 474 g/mol. The van der Waals surface area contributed by atoms with Gasteiger partial charge in [-0.25, -0.2) is 4.79 Å². The Balaban J connectivity index is 1.85. The lowest BCUT2D eigenvalue weighted by Gasteiger charge is -2.51. The molecule has 0 spiro atoms. The topological polar surface area (TPSA) is 79.2 Å². The van der Waals surface area contributed by atoms with Gasteiger partial charge in [-0.2, -0.15) is 0 Å². The highest BCUT2D eigenvalue weighted by Crippen LogP contribution is 2.51. The zero-order valence-corrected chi connectivity index (χ0v) is 19.7. The predicted molar refractivity (Wildman–Crippen MR) is 124 cm³/mol. The fourth-order valence-corrected chi connectivity index (χ4v) is 5.14. The van der Waals surface area contributed by atoms with E-state index in [1.165, 1.54) is 0 Å². The van der Waals surface area contributed by atoms with Crippen LogP contribution in [0.25, 0.3) is 0 Å². The minimum atomic E-state index is -0.792. The van der Waals surface area contributed by atoms with Crippen LogP contribution in [0.1, 0.15) is 56.1 Å². The van der Waals surface area contributed by atoms with Crippen molar-refractivity contribution in [1.29, 1.82) is 0 Å². The number of amides is 1. The van der Waals surface area contributed by atoms with E-state index >= 15 is 0 Å². The average Bonchev–Trinajstić information content (AvgIpc) is 3.14. The van der Waals surface area contributed by atoms with E-state index in [0.29, 0.717) is 22.3 Å². The zero-order chi connectivity index (χ0) is 23.0. The van der Waals surface area contributed by atoms with Gasteiger partial charge in [-0.05, 0) is 55.7 Å². The molecule has 32 heavy (non-hydrogen) atoms. The van der Waals surface area contributed by atoms with Gasteiger partial charge in [-0.15, -0.1) is 0 Å². The number of hydrogen-bond acceptors (Lipinski definition) is 4. The molecule has 0 unspecified atom stereocenters. The predicted octanol–water partition coefficient (Wildman–Crippen LogP) is 5.38. The van der Waals surface area contributed by atoms with E-state index < -0.39 is 11.2 Å². The van der Waals surface area contributed by atoms with E-state index in [9.17, 15) is 9.59 Å². The molecule has 8 heteroatoms.